The molecule has 7 heteroatoms. The van der Waals surface area contributed by atoms with Gasteiger partial charge in [-0.3, -0.25) is 4.90 Å². The molecule has 2 fully saturated rings. The summed E-state index contributed by atoms with van der Waals surface area (Å²) in [5, 5.41) is 0.747. The van der Waals surface area contributed by atoms with E-state index in [1.54, 1.807) is 4.31 Å². The fourth-order valence-electron chi connectivity index (χ4n) is 4.33. The van der Waals surface area contributed by atoms with Crippen molar-refractivity contribution in [1.82, 2.24) is 14.1 Å². The van der Waals surface area contributed by atoms with Crippen LogP contribution in [0.15, 0.2) is 24.3 Å². The van der Waals surface area contributed by atoms with Crippen molar-refractivity contribution < 1.29 is 8.42 Å². The topological polar surface area (TPSA) is 43.9 Å². The third kappa shape index (κ3) is 6.43. The standard InChI is InChI=1S/C20H32ClN3O2S/c1-27(25,26)24(15-5-14-22-11-2-3-12-22)20-6-4-13-23(17-20)16-18-7-9-19(21)10-8-18/h7-10,20H,2-6,11-17H2,1H3. The molecule has 2 heterocycles. The Hall–Kier alpha value is -0.660. The lowest BCUT2D eigenvalue weighted by Crippen LogP contribution is -2.50. The molecule has 2 aliphatic heterocycles. The highest BCUT2D eigenvalue weighted by molar-refractivity contribution is 7.88. The number of rotatable bonds is 8. The Balaban J connectivity index is 1.56. The second kappa shape index (κ2) is 9.70. The lowest BCUT2D eigenvalue weighted by molar-refractivity contribution is 0.140. The Morgan fingerprint density at radius 1 is 1.07 bits per heavy atom. The van der Waals surface area contributed by atoms with Gasteiger partial charge in [0.1, 0.15) is 0 Å². The second-order valence-electron chi connectivity index (χ2n) is 7.93. The van der Waals surface area contributed by atoms with Crippen LogP contribution in [0.2, 0.25) is 5.02 Å². The summed E-state index contributed by atoms with van der Waals surface area (Å²) in [5.74, 6) is 0. The van der Waals surface area contributed by atoms with E-state index in [0.29, 0.717) is 6.54 Å². The number of benzene rings is 1. The van der Waals surface area contributed by atoms with Crippen LogP contribution in [0.3, 0.4) is 0 Å². The number of sulfonamides is 1. The number of piperidine rings is 1. The fourth-order valence-corrected chi connectivity index (χ4v) is 5.63. The van der Waals surface area contributed by atoms with E-state index in [0.717, 1.165) is 63.6 Å². The number of hydrogen-bond acceptors (Lipinski definition) is 4. The van der Waals surface area contributed by atoms with Crippen LogP contribution in [0, 0.1) is 0 Å². The number of likely N-dealkylation sites (tertiary alicyclic amines) is 2. The maximum Gasteiger partial charge on any atom is 0.211 e. The molecule has 1 aromatic rings. The van der Waals surface area contributed by atoms with Crippen LogP contribution in [-0.2, 0) is 16.6 Å². The molecule has 5 nitrogen and oxygen atoms in total. The van der Waals surface area contributed by atoms with Crippen LogP contribution in [0.4, 0.5) is 0 Å². The van der Waals surface area contributed by atoms with Crippen molar-refractivity contribution in [2.24, 2.45) is 0 Å². The number of nitrogens with zero attached hydrogens (tertiary/aromatic N) is 3. The Morgan fingerprint density at radius 3 is 2.41 bits per heavy atom. The molecule has 3 rings (SSSR count). The molecule has 0 radical (unpaired) electrons. The molecule has 2 saturated heterocycles. The molecule has 0 aliphatic carbocycles. The third-order valence-electron chi connectivity index (χ3n) is 5.68. The minimum Gasteiger partial charge on any atom is -0.303 e. The Morgan fingerprint density at radius 2 is 1.74 bits per heavy atom. The Bertz CT molecular complexity index is 690. The van der Waals surface area contributed by atoms with E-state index in [2.05, 4.69) is 21.9 Å². The zero-order valence-electron chi connectivity index (χ0n) is 16.3. The molecular formula is C20H32ClN3O2S. The monoisotopic (exact) mass is 413 g/mol. The van der Waals surface area contributed by atoms with E-state index < -0.39 is 10.0 Å². The predicted octanol–water partition coefficient (Wildman–Crippen LogP) is 3.05. The quantitative estimate of drug-likeness (QED) is 0.657. The van der Waals surface area contributed by atoms with Gasteiger partial charge in [0.25, 0.3) is 0 Å². The summed E-state index contributed by atoms with van der Waals surface area (Å²) < 4.78 is 26.6. The molecule has 1 aromatic carbocycles. The molecular weight excluding hydrogens is 382 g/mol. The average Bonchev–Trinajstić information content (AvgIpc) is 3.13. The Kier molecular flexibility index (Phi) is 7.57. The van der Waals surface area contributed by atoms with E-state index in [9.17, 15) is 8.42 Å². The first-order valence-corrected chi connectivity index (χ1v) is 12.3. The summed E-state index contributed by atoms with van der Waals surface area (Å²) in [6, 6.07) is 8.02. The molecule has 152 valence electrons. The fraction of sp³-hybridized carbons (Fsp3) is 0.700. The van der Waals surface area contributed by atoms with E-state index >= 15 is 0 Å². The van der Waals surface area contributed by atoms with Gasteiger partial charge in [-0.05, 0) is 76.0 Å². The van der Waals surface area contributed by atoms with Crippen molar-refractivity contribution in [3.63, 3.8) is 0 Å². The summed E-state index contributed by atoms with van der Waals surface area (Å²) >= 11 is 5.97. The van der Waals surface area contributed by atoms with Crippen LogP contribution in [0.1, 0.15) is 37.7 Å². The van der Waals surface area contributed by atoms with Gasteiger partial charge < -0.3 is 4.90 Å². The number of hydrogen-bond donors (Lipinski definition) is 0. The largest absolute Gasteiger partial charge is 0.303 e. The predicted molar refractivity (Wildman–Crippen MR) is 112 cm³/mol. The SMILES string of the molecule is CS(=O)(=O)N(CCCN1CCCC1)C1CCCN(Cc2ccc(Cl)cc2)C1. The molecule has 0 spiro atoms. The highest BCUT2D eigenvalue weighted by atomic mass is 35.5. The molecule has 0 amide bonds. The first-order chi connectivity index (χ1) is 12.9. The Labute approximate surface area is 169 Å². The lowest BCUT2D eigenvalue weighted by Gasteiger charge is -2.38. The zero-order chi connectivity index (χ0) is 19.3. The number of halogens is 1. The summed E-state index contributed by atoms with van der Waals surface area (Å²) in [5.41, 5.74) is 1.22. The maximum absolute atomic E-state index is 12.4. The molecule has 0 bridgehead atoms. The van der Waals surface area contributed by atoms with E-state index in [-0.39, 0.29) is 6.04 Å². The third-order valence-corrected chi connectivity index (χ3v) is 7.27. The smallest absolute Gasteiger partial charge is 0.211 e. The van der Waals surface area contributed by atoms with Gasteiger partial charge in [-0.15, -0.1) is 0 Å². The minimum absolute atomic E-state index is 0.0830. The highest BCUT2D eigenvalue weighted by Crippen LogP contribution is 2.21. The second-order valence-corrected chi connectivity index (χ2v) is 10.3. The summed E-state index contributed by atoms with van der Waals surface area (Å²) in [4.78, 5) is 4.82. The summed E-state index contributed by atoms with van der Waals surface area (Å²) in [6.07, 6.45) is 6.82. The van der Waals surface area contributed by atoms with Crippen LogP contribution < -0.4 is 0 Å². The molecule has 0 saturated carbocycles. The summed E-state index contributed by atoms with van der Waals surface area (Å²) in [7, 11) is -3.19. The van der Waals surface area contributed by atoms with Crippen LogP contribution in [0.5, 0.6) is 0 Å². The normalized spacial score (nSPS) is 22.6. The first-order valence-electron chi connectivity index (χ1n) is 10.1. The van der Waals surface area contributed by atoms with Gasteiger partial charge in [-0.2, -0.15) is 4.31 Å². The van der Waals surface area contributed by atoms with Gasteiger partial charge >= 0.3 is 0 Å². The van der Waals surface area contributed by atoms with Gasteiger partial charge in [0.15, 0.2) is 0 Å². The average molecular weight is 414 g/mol. The van der Waals surface area contributed by atoms with Gasteiger partial charge in [0, 0.05) is 30.7 Å². The maximum atomic E-state index is 12.4. The van der Waals surface area contributed by atoms with Crippen LogP contribution in [0.25, 0.3) is 0 Å². The van der Waals surface area contributed by atoms with E-state index in [4.69, 9.17) is 11.6 Å². The highest BCUT2D eigenvalue weighted by Gasteiger charge is 2.30. The van der Waals surface area contributed by atoms with Gasteiger partial charge in [-0.25, -0.2) is 8.42 Å². The van der Waals surface area contributed by atoms with Gasteiger partial charge in [-0.1, -0.05) is 23.7 Å². The van der Waals surface area contributed by atoms with Crippen molar-refractivity contribution in [3.05, 3.63) is 34.9 Å². The van der Waals surface area contributed by atoms with E-state index in [1.807, 2.05) is 12.1 Å². The van der Waals surface area contributed by atoms with Crippen molar-refractivity contribution in [2.75, 3.05) is 45.5 Å². The van der Waals surface area contributed by atoms with Crippen LogP contribution >= 0.6 is 11.6 Å². The van der Waals surface area contributed by atoms with Crippen molar-refractivity contribution in [2.45, 2.75) is 44.7 Å². The van der Waals surface area contributed by atoms with Crippen molar-refractivity contribution in [3.8, 4) is 0 Å². The zero-order valence-corrected chi connectivity index (χ0v) is 17.9. The summed E-state index contributed by atoms with van der Waals surface area (Å²) in [6.45, 7) is 6.64. The molecule has 27 heavy (non-hydrogen) atoms. The van der Waals surface area contributed by atoms with Gasteiger partial charge in [0.2, 0.25) is 10.0 Å². The van der Waals surface area contributed by atoms with E-state index in [1.165, 1.54) is 24.7 Å². The molecule has 1 unspecified atom stereocenters. The van der Waals surface area contributed by atoms with Crippen LogP contribution in [-0.4, -0.2) is 74.1 Å². The van der Waals surface area contributed by atoms with Crippen molar-refractivity contribution in [1.29, 1.82) is 0 Å². The first kappa shape index (κ1) is 21.1. The molecule has 2 aliphatic rings. The molecule has 1 atom stereocenters. The molecule has 0 N–H and O–H groups in total. The lowest BCUT2D eigenvalue weighted by atomic mass is 10.0. The molecule has 0 aromatic heterocycles. The van der Waals surface area contributed by atoms with Gasteiger partial charge in [0.05, 0.1) is 6.26 Å². The van der Waals surface area contributed by atoms with Crippen molar-refractivity contribution >= 4 is 21.6 Å². The minimum atomic E-state index is -3.19.